The average molecular weight is 328 g/mol. The molecule has 0 nitrogen and oxygen atoms in total. The summed E-state index contributed by atoms with van der Waals surface area (Å²) in [5.74, 6) is 0. The van der Waals surface area contributed by atoms with Crippen LogP contribution in [0.5, 0.6) is 0 Å². The third-order valence-corrected chi connectivity index (χ3v) is 4.57. The van der Waals surface area contributed by atoms with Crippen LogP contribution in [0.2, 0.25) is 0 Å². The van der Waals surface area contributed by atoms with E-state index in [0.29, 0.717) is 0 Å². The van der Waals surface area contributed by atoms with Crippen molar-refractivity contribution in [1.29, 1.82) is 0 Å². The Morgan fingerprint density at radius 1 is 0.812 bits per heavy atom. The van der Waals surface area contributed by atoms with Crippen LogP contribution in [0.25, 0.3) is 0 Å². The summed E-state index contributed by atoms with van der Waals surface area (Å²) < 4.78 is 0. The molecule has 0 amide bonds. The maximum atomic E-state index is 3.32. The molecule has 1 atom stereocenters. The summed E-state index contributed by atoms with van der Waals surface area (Å²) in [4.78, 5) is 0. The van der Waals surface area contributed by atoms with Gasteiger partial charge in [0, 0.05) is 0 Å². The van der Waals surface area contributed by atoms with E-state index in [-0.39, 0.29) is 10.8 Å². The molecule has 1 aromatic rings. The zero-order chi connectivity index (χ0) is 12.6. The molecule has 0 heterocycles. The van der Waals surface area contributed by atoms with Crippen molar-refractivity contribution in [3.63, 3.8) is 0 Å². The van der Waals surface area contributed by atoms with Gasteiger partial charge in [-0.05, 0) is 0 Å². The number of hydrogen-bond acceptors (Lipinski definition) is 0. The zero-order valence-corrected chi connectivity index (χ0v) is 13.6. The summed E-state index contributed by atoms with van der Waals surface area (Å²) in [6.45, 7) is 14.4. The summed E-state index contributed by atoms with van der Waals surface area (Å²) >= 11 is 3.32. The van der Waals surface area contributed by atoms with E-state index in [0.717, 1.165) is 6.77 Å². The first-order valence-corrected chi connectivity index (χ1v) is 8.79. The summed E-state index contributed by atoms with van der Waals surface area (Å²) in [5, 5.41) is 1.42. The third kappa shape index (κ3) is 3.66. The van der Waals surface area contributed by atoms with E-state index in [4.69, 9.17) is 0 Å². The van der Waals surface area contributed by atoms with Crippen molar-refractivity contribution >= 4 is 12.1 Å². The predicted octanol–water partition coefficient (Wildman–Crippen LogP) is 4.05. The van der Waals surface area contributed by atoms with Crippen LogP contribution in [-0.4, -0.2) is 0 Å². The molecule has 1 unspecified atom stereocenters. The van der Waals surface area contributed by atoms with E-state index < -0.39 is 0 Å². The van der Waals surface area contributed by atoms with E-state index in [9.17, 15) is 0 Å². The van der Waals surface area contributed by atoms with Gasteiger partial charge in [0.1, 0.15) is 0 Å². The maximum absolute atomic E-state index is 3.32. The molecule has 0 radical (unpaired) electrons. The molecule has 93 valence electrons. The number of hydrogen-bond donors (Lipinski definition) is 0. The molecule has 0 spiro atoms. The Balaban J connectivity index is 3.33. The summed E-state index contributed by atoms with van der Waals surface area (Å²) in [5.41, 5.74) is 3.33. The van der Waals surface area contributed by atoms with Crippen LogP contribution in [0.3, 0.4) is 0 Å². The Hall–Kier alpha value is 0.312. The van der Waals surface area contributed by atoms with Crippen LogP contribution in [-0.2, 0) is 29.5 Å². The number of benzene rings is 1. The van der Waals surface area contributed by atoms with Crippen molar-refractivity contribution in [1.82, 2.24) is 0 Å². The molecule has 1 aromatic carbocycles. The molecular weight excluding hydrogens is 306 g/mol. The molecule has 0 aliphatic carbocycles. The predicted molar refractivity (Wildman–Crippen MR) is 71.8 cm³/mol. The molecule has 0 aliphatic heterocycles. The fourth-order valence-electron chi connectivity index (χ4n) is 1.54. The van der Waals surface area contributed by atoms with Crippen molar-refractivity contribution in [2.45, 2.75) is 52.4 Å². The molecule has 0 aliphatic rings. The molecule has 2 heteroatoms. The van der Waals surface area contributed by atoms with Gasteiger partial charge in [-0.3, -0.25) is 0 Å². The van der Waals surface area contributed by atoms with Gasteiger partial charge in [-0.2, -0.15) is 0 Å². The Bertz CT molecular complexity index is 337. The van der Waals surface area contributed by atoms with Crippen LogP contribution < -0.4 is 5.30 Å². The van der Waals surface area contributed by atoms with Crippen molar-refractivity contribution in [3.8, 4) is 0 Å². The Kier molecular flexibility index (Phi) is 4.40. The van der Waals surface area contributed by atoms with E-state index in [2.05, 4.69) is 78.4 Å². The Morgan fingerprint density at radius 2 is 1.19 bits per heavy atom. The van der Waals surface area contributed by atoms with Crippen LogP contribution >= 0.6 is 6.77 Å². The molecule has 1 rings (SSSR count). The normalized spacial score (nSPS) is 13.8. The van der Waals surface area contributed by atoms with Crippen LogP contribution in [0.15, 0.2) is 18.2 Å². The van der Waals surface area contributed by atoms with E-state index in [1.54, 1.807) is 0 Å². The fourth-order valence-corrected chi connectivity index (χ4v) is 2.61. The Labute approximate surface area is 112 Å². The van der Waals surface area contributed by atoms with Gasteiger partial charge in [0.2, 0.25) is 0 Å². The van der Waals surface area contributed by atoms with E-state index in [1.165, 1.54) is 16.4 Å². The third-order valence-electron chi connectivity index (χ3n) is 2.76. The van der Waals surface area contributed by atoms with Gasteiger partial charge < -0.3 is 0 Å². The van der Waals surface area contributed by atoms with Gasteiger partial charge in [-0.15, -0.1) is 0 Å². The van der Waals surface area contributed by atoms with Crippen molar-refractivity contribution < 1.29 is 18.7 Å². The van der Waals surface area contributed by atoms with Gasteiger partial charge in [-0.1, -0.05) is 0 Å². The molecular formula is C14H22PPd. The first-order valence-electron chi connectivity index (χ1n) is 5.64. The second-order valence-electron chi connectivity index (χ2n) is 6.38. The second kappa shape index (κ2) is 4.90. The summed E-state index contributed by atoms with van der Waals surface area (Å²) in [6, 6.07) is 7.02. The first-order chi connectivity index (χ1) is 7.14. The minimum atomic E-state index is 0.229. The fraction of sp³-hybridized carbons (Fsp3) is 0.571. The quantitative estimate of drug-likeness (QED) is 0.539. The van der Waals surface area contributed by atoms with Crippen molar-refractivity contribution in [2.75, 3.05) is 0 Å². The zero-order valence-electron chi connectivity index (χ0n) is 11.0. The monoisotopic (exact) mass is 327 g/mol. The van der Waals surface area contributed by atoms with Gasteiger partial charge >= 0.3 is 112 Å². The molecule has 0 bridgehead atoms. The van der Waals surface area contributed by atoms with Crippen LogP contribution in [0.1, 0.15) is 52.7 Å². The molecule has 16 heavy (non-hydrogen) atoms. The summed E-state index contributed by atoms with van der Waals surface area (Å²) in [6.07, 6.45) is 0. The van der Waals surface area contributed by atoms with Crippen LogP contribution in [0.4, 0.5) is 0 Å². The van der Waals surface area contributed by atoms with Crippen LogP contribution in [0, 0.1) is 0 Å². The van der Waals surface area contributed by atoms with E-state index in [1.807, 2.05) is 0 Å². The minimum absolute atomic E-state index is 0.229. The van der Waals surface area contributed by atoms with Gasteiger partial charge in [0.25, 0.3) is 0 Å². The number of rotatable bonds is 1. The van der Waals surface area contributed by atoms with Gasteiger partial charge in [0.15, 0.2) is 0 Å². The van der Waals surface area contributed by atoms with Gasteiger partial charge in [-0.25, -0.2) is 0 Å². The molecule has 0 aromatic heterocycles. The molecule has 0 saturated carbocycles. The topological polar surface area (TPSA) is 0 Å². The standard InChI is InChI=1S/C14H22P.Pd/c1-13(2,3)10-7-11(14(4,5)6)9-12(15)8-10;/h7-9,15H,1-6H3;/q-1;+1. The molecule has 0 fully saturated rings. The van der Waals surface area contributed by atoms with E-state index >= 15 is 0 Å². The van der Waals surface area contributed by atoms with Crippen molar-refractivity contribution in [2.24, 2.45) is 0 Å². The first kappa shape index (κ1) is 14.4. The van der Waals surface area contributed by atoms with Crippen molar-refractivity contribution in [3.05, 3.63) is 29.3 Å². The summed E-state index contributed by atoms with van der Waals surface area (Å²) in [7, 11) is 0. The second-order valence-corrected chi connectivity index (χ2v) is 8.28. The average Bonchev–Trinajstić information content (AvgIpc) is 2.14. The molecule has 0 N–H and O–H groups in total. The SMILES string of the molecule is CC(C)(C)c1cc([PH][Pd])cc(C(C)(C)C)c1. The van der Waals surface area contributed by atoms with Gasteiger partial charge in [0.05, 0.1) is 0 Å². The molecule has 0 saturated heterocycles. The Morgan fingerprint density at radius 3 is 1.44 bits per heavy atom.